The molecule has 1 heterocycles. The number of carbonyl (C=O) groups is 1. The molecule has 20 heavy (non-hydrogen) atoms. The molecule has 1 aliphatic rings. The lowest BCUT2D eigenvalue weighted by atomic mass is 9.92. The number of hydrogen-bond donors (Lipinski definition) is 1. The number of carbonyl (C=O) groups excluding carboxylic acids is 1. The minimum atomic E-state index is -1.34. The van der Waals surface area contributed by atoms with Gasteiger partial charge in [-0.3, -0.25) is 0 Å². The van der Waals surface area contributed by atoms with E-state index >= 15 is 0 Å². The number of hydrogen-bond acceptors (Lipinski definition) is 5. The average Bonchev–Trinajstić information content (AvgIpc) is 2.45. The highest BCUT2D eigenvalue weighted by atomic mass is 79.9. The van der Waals surface area contributed by atoms with Crippen LogP contribution in [0.25, 0.3) is 0 Å². The maximum absolute atomic E-state index is 11.6. The van der Waals surface area contributed by atoms with E-state index in [0.717, 1.165) is 5.56 Å². The topological polar surface area (TPSA) is 65.0 Å². The lowest BCUT2D eigenvalue weighted by molar-refractivity contribution is -0.150. The molecule has 1 aromatic rings. The van der Waals surface area contributed by atoms with Gasteiger partial charge < -0.3 is 19.3 Å². The Kier molecular flexibility index (Phi) is 4.55. The lowest BCUT2D eigenvalue weighted by Crippen LogP contribution is -2.21. The molecule has 0 amide bonds. The summed E-state index contributed by atoms with van der Waals surface area (Å²) < 4.78 is 16.5. The van der Waals surface area contributed by atoms with Crippen LogP contribution < -0.4 is 9.47 Å². The predicted molar refractivity (Wildman–Crippen MR) is 76.2 cm³/mol. The summed E-state index contributed by atoms with van der Waals surface area (Å²) in [6.45, 7) is 4.85. The summed E-state index contributed by atoms with van der Waals surface area (Å²) in [5.74, 6) is 0.558. The number of methoxy groups -OCH3 is 1. The van der Waals surface area contributed by atoms with Gasteiger partial charge >= 0.3 is 5.97 Å². The first-order valence-electron chi connectivity index (χ1n) is 6.35. The Balaban J connectivity index is 2.62. The van der Waals surface area contributed by atoms with Gasteiger partial charge in [0, 0.05) is 11.1 Å². The van der Waals surface area contributed by atoms with Gasteiger partial charge in [0.1, 0.15) is 13.2 Å². The molecule has 0 aromatic heterocycles. The Hall–Kier alpha value is -1.27. The predicted octanol–water partition coefficient (Wildman–Crippen LogP) is 2.55. The van der Waals surface area contributed by atoms with Crippen molar-refractivity contribution in [3.8, 4) is 11.5 Å². The van der Waals surface area contributed by atoms with Gasteiger partial charge in [-0.2, -0.15) is 0 Å². The number of benzene rings is 1. The van der Waals surface area contributed by atoms with Gasteiger partial charge in [0.2, 0.25) is 0 Å². The van der Waals surface area contributed by atoms with Crippen molar-refractivity contribution in [3.05, 3.63) is 21.7 Å². The molecule has 6 heteroatoms. The van der Waals surface area contributed by atoms with Gasteiger partial charge in [-0.25, -0.2) is 4.79 Å². The minimum absolute atomic E-state index is 0.0628. The van der Waals surface area contributed by atoms with Crippen LogP contribution in [-0.4, -0.2) is 31.4 Å². The maximum Gasteiger partial charge on any atom is 0.339 e. The van der Waals surface area contributed by atoms with Crippen LogP contribution in [0.4, 0.5) is 0 Å². The Labute approximate surface area is 126 Å². The Morgan fingerprint density at radius 3 is 2.50 bits per heavy atom. The molecule has 2 rings (SSSR count). The molecule has 0 fully saturated rings. The molecule has 110 valence electrons. The van der Waals surface area contributed by atoms with Crippen molar-refractivity contribution < 1.29 is 24.1 Å². The molecule has 0 radical (unpaired) electrons. The lowest BCUT2D eigenvalue weighted by Gasteiger charge is -2.27. The highest BCUT2D eigenvalue weighted by Gasteiger charge is 2.30. The summed E-state index contributed by atoms with van der Waals surface area (Å²) in [7, 11) is 1.24. The SMILES string of the molecule is COC(=O)C(O)c1cc(Br)c2c(c1C(C)C)OCCO2. The second kappa shape index (κ2) is 6.01. The monoisotopic (exact) mass is 344 g/mol. The smallest absolute Gasteiger partial charge is 0.339 e. The standard InChI is InChI=1S/C14H17BrO5/c1-7(2)10-8(11(16)14(17)18-3)6-9(15)12-13(10)20-5-4-19-12/h6-7,11,16H,4-5H2,1-3H3. The van der Waals surface area contributed by atoms with Gasteiger partial charge in [0.05, 0.1) is 11.6 Å². The molecule has 5 nitrogen and oxygen atoms in total. The number of esters is 1. The van der Waals surface area contributed by atoms with Crippen LogP contribution in [0.1, 0.15) is 37.0 Å². The normalized spacial score (nSPS) is 15.1. The van der Waals surface area contributed by atoms with Crippen molar-refractivity contribution in [1.82, 2.24) is 0 Å². The van der Waals surface area contributed by atoms with Crippen LogP contribution >= 0.6 is 15.9 Å². The van der Waals surface area contributed by atoms with Crippen LogP contribution in [0.3, 0.4) is 0 Å². The first kappa shape index (κ1) is 15.1. The maximum atomic E-state index is 11.6. The molecule has 0 saturated carbocycles. The average molecular weight is 345 g/mol. The third-order valence-electron chi connectivity index (χ3n) is 3.13. The zero-order valence-electron chi connectivity index (χ0n) is 11.6. The molecule has 1 aliphatic heterocycles. The van der Waals surface area contributed by atoms with E-state index in [4.69, 9.17) is 9.47 Å². The molecule has 1 aromatic carbocycles. The third-order valence-corrected chi connectivity index (χ3v) is 3.72. The molecule has 1 atom stereocenters. The van der Waals surface area contributed by atoms with Crippen molar-refractivity contribution >= 4 is 21.9 Å². The summed E-state index contributed by atoms with van der Waals surface area (Å²) in [6.07, 6.45) is -1.34. The van der Waals surface area contributed by atoms with Gasteiger partial charge in [-0.05, 0) is 27.9 Å². The molecule has 0 aliphatic carbocycles. The molecule has 0 bridgehead atoms. The first-order chi connectivity index (χ1) is 9.47. The number of ether oxygens (including phenoxy) is 3. The van der Waals surface area contributed by atoms with E-state index in [2.05, 4.69) is 20.7 Å². The highest BCUT2D eigenvalue weighted by molar-refractivity contribution is 9.10. The van der Waals surface area contributed by atoms with Gasteiger partial charge in [-0.15, -0.1) is 0 Å². The van der Waals surface area contributed by atoms with Crippen molar-refractivity contribution in [2.75, 3.05) is 20.3 Å². The van der Waals surface area contributed by atoms with E-state index in [0.29, 0.717) is 34.7 Å². The van der Waals surface area contributed by atoms with Crippen LogP contribution in [0.2, 0.25) is 0 Å². The van der Waals surface area contributed by atoms with Crippen LogP contribution in [-0.2, 0) is 9.53 Å². The zero-order chi connectivity index (χ0) is 14.9. The first-order valence-corrected chi connectivity index (χ1v) is 7.14. The fourth-order valence-electron chi connectivity index (χ4n) is 2.27. The largest absolute Gasteiger partial charge is 0.486 e. The van der Waals surface area contributed by atoms with E-state index < -0.39 is 12.1 Å². The quantitative estimate of drug-likeness (QED) is 0.853. The molecule has 0 saturated heterocycles. The molecular formula is C14H17BrO5. The van der Waals surface area contributed by atoms with Crippen LogP contribution in [0, 0.1) is 0 Å². The fraction of sp³-hybridized carbons (Fsp3) is 0.500. The van der Waals surface area contributed by atoms with Crippen molar-refractivity contribution in [2.24, 2.45) is 0 Å². The van der Waals surface area contributed by atoms with E-state index in [9.17, 15) is 9.90 Å². The number of halogens is 1. The zero-order valence-corrected chi connectivity index (χ0v) is 13.2. The summed E-state index contributed by atoms with van der Waals surface area (Å²) in [4.78, 5) is 11.6. The summed E-state index contributed by atoms with van der Waals surface area (Å²) >= 11 is 3.39. The van der Waals surface area contributed by atoms with E-state index in [1.54, 1.807) is 6.07 Å². The number of rotatable bonds is 3. The summed E-state index contributed by atoms with van der Waals surface area (Å²) in [5.41, 5.74) is 1.24. The third kappa shape index (κ3) is 2.62. The van der Waals surface area contributed by atoms with Crippen LogP contribution in [0.15, 0.2) is 10.5 Å². The number of aliphatic hydroxyl groups excluding tert-OH is 1. The summed E-state index contributed by atoms with van der Waals surface area (Å²) in [6, 6.07) is 1.68. The molecule has 1 N–H and O–H groups in total. The fourth-order valence-corrected chi connectivity index (χ4v) is 2.81. The second-order valence-corrected chi connectivity index (χ2v) is 5.65. The number of aliphatic hydroxyl groups is 1. The van der Waals surface area contributed by atoms with Crippen molar-refractivity contribution in [1.29, 1.82) is 0 Å². The molecule has 0 spiro atoms. The molecular weight excluding hydrogens is 328 g/mol. The Bertz CT molecular complexity index is 527. The number of fused-ring (bicyclic) bond motifs is 1. The van der Waals surface area contributed by atoms with Crippen molar-refractivity contribution in [2.45, 2.75) is 25.9 Å². The van der Waals surface area contributed by atoms with Crippen molar-refractivity contribution in [3.63, 3.8) is 0 Å². The van der Waals surface area contributed by atoms with E-state index in [-0.39, 0.29) is 5.92 Å². The van der Waals surface area contributed by atoms with E-state index in [1.165, 1.54) is 7.11 Å². The van der Waals surface area contributed by atoms with Gasteiger partial charge in [0.25, 0.3) is 0 Å². The van der Waals surface area contributed by atoms with Gasteiger partial charge in [0.15, 0.2) is 17.6 Å². The Morgan fingerprint density at radius 1 is 1.35 bits per heavy atom. The second-order valence-electron chi connectivity index (χ2n) is 4.80. The van der Waals surface area contributed by atoms with Crippen LogP contribution in [0.5, 0.6) is 11.5 Å². The Morgan fingerprint density at radius 2 is 1.95 bits per heavy atom. The minimum Gasteiger partial charge on any atom is -0.486 e. The van der Waals surface area contributed by atoms with Gasteiger partial charge in [-0.1, -0.05) is 13.8 Å². The summed E-state index contributed by atoms with van der Waals surface area (Å²) in [5, 5.41) is 10.2. The highest BCUT2D eigenvalue weighted by Crippen LogP contribution is 2.46. The molecule has 1 unspecified atom stereocenters. The van der Waals surface area contributed by atoms with E-state index in [1.807, 2.05) is 13.8 Å².